The molecule has 1 aliphatic rings. The fourth-order valence-corrected chi connectivity index (χ4v) is 4.44. The van der Waals surface area contributed by atoms with Crippen LogP contribution >= 0.6 is 11.6 Å². The molecule has 0 fully saturated rings. The number of aromatic hydroxyl groups is 1. The van der Waals surface area contributed by atoms with Gasteiger partial charge in [-0.15, -0.1) is 0 Å². The summed E-state index contributed by atoms with van der Waals surface area (Å²) in [7, 11) is 1.41. The molecule has 2 N–H and O–H groups in total. The molecule has 1 atom stereocenters. The molecule has 0 saturated heterocycles. The highest BCUT2D eigenvalue weighted by molar-refractivity contribution is 6.31. The SMILES string of the molecule is COc1cc(Cl)cc2cc(C(=O)C3=C(O)C(=O)N(c4ccccc4O)C3c3ccccc3F)oc12. The summed E-state index contributed by atoms with van der Waals surface area (Å²) >= 11 is 6.11. The van der Waals surface area contributed by atoms with E-state index < -0.39 is 34.9 Å². The molecule has 9 heteroatoms. The second-order valence-corrected chi connectivity index (χ2v) is 8.25. The summed E-state index contributed by atoms with van der Waals surface area (Å²) in [4.78, 5) is 27.8. The minimum absolute atomic E-state index is 0.00170. The zero-order valence-corrected chi connectivity index (χ0v) is 18.9. The number of amides is 1. The molecule has 0 radical (unpaired) electrons. The number of methoxy groups -OCH3 is 1. The van der Waals surface area contributed by atoms with Gasteiger partial charge in [-0.25, -0.2) is 4.39 Å². The van der Waals surface area contributed by atoms with Crippen molar-refractivity contribution in [2.24, 2.45) is 0 Å². The number of aliphatic hydroxyl groups excluding tert-OH is 1. The molecule has 0 spiro atoms. The Morgan fingerprint density at radius 1 is 1.09 bits per heavy atom. The number of fused-ring (bicyclic) bond motifs is 1. The van der Waals surface area contributed by atoms with E-state index in [-0.39, 0.29) is 34.1 Å². The molecule has 1 aromatic heterocycles. The number of halogens is 2. The number of anilines is 1. The predicted octanol–water partition coefficient (Wildman–Crippen LogP) is 5.72. The second-order valence-electron chi connectivity index (χ2n) is 7.82. The van der Waals surface area contributed by atoms with Gasteiger partial charge < -0.3 is 19.4 Å². The molecule has 0 bridgehead atoms. The van der Waals surface area contributed by atoms with Gasteiger partial charge >= 0.3 is 0 Å². The average molecular weight is 494 g/mol. The lowest BCUT2D eigenvalue weighted by molar-refractivity contribution is -0.117. The van der Waals surface area contributed by atoms with Crippen LogP contribution in [0.15, 0.2) is 82.5 Å². The number of carbonyl (C=O) groups is 2. The maximum absolute atomic E-state index is 15.0. The maximum Gasteiger partial charge on any atom is 0.294 e. The normalized spacial score (nSPS) is 15.8. The van der Waals surface area contributed by atoms with Crippen LogP contribution in [-0.4, -0.2) is 29.0 Å². The summed E-state index contributed by atoms with van der Waals surface area (Å²) in [5, 5.41) is 22.1. The van der Waals surface area contributed by atoms with Gasteiger partial charge in [-0.3, -0.25) is 14.5 Å². The van der Waals surface area contributed by atoms with Crippen molar-refractivity contribution in [3.63, 3.8) is 0 Å². The Morgan fingerprint density at radius 3 is 2.51 bits per heavy atom. The molecule has 1 unspecified atom stereocenters. The van der Waals surface area contributed by atoms with Crippen LogP contribution in [0.4, 0.5) is 10.1 Å². The molecule has 176 valence electrons. The number of carbonyl (C=O) groups excluding carboxylic acids is 2. The number of ketones is 1. The van der Waals surface area contributed by atoms with Crippen molar-refractivity contribution < 1.29 is 33.3 Å². The first kappa shape index (κ1) is 22.5. The molecule has 4 aromatic rings. The van der Waals surface area contributed by atoms with Gasteiger partial charge in [-0.05, 0) is 30.3 Å². The Kier molecular flexibility index (Phi) is 5.45. The molecule has 35 heavy (non-hydrogen) atoms. The van der Waals surface area contributed by atoms with Gasteiger partial charge in [0.05, 0.1) is 24.4 Å². The summed E-state index contributed by atoms with van der Waals surface area (Å²) in [6.07, 6.45) is 0. The monoisotopic (exact) mass is 493 g/mol. The molecule has 1 aliphatic heterocycles. The van der Waals surface area contributed by atoms with Crippen LogP contribution < -0.4 is 9.64 Å². The molecule has 2 heterocycles. The van der Waals surface area contributed by atoms with Crippen LogP contribution in [0.2, 0.25) is 5.02 Å². The van der Waals surface area contributed by atoms with Crippen LogP contribution in [0.3, 0.4) is 0 Å². The number of benzene rings is 3. The Hall–Kier alpha value is -4.30. The highest BCUT2D eigenvalue weighted by Crippen LogP contribution is 2.45. The van der Waals surface area contributed by atoms with E-state index in [1.54, 1.807) is 18.2 Å². The third-order valence-electron chi connectivity index (χ3n) is 5.78. The quantitative estimate of drug-likeness (QED) is 0.345. The number of para-hydroxylation sites is 2. The van der Waals surface area contributed by atoms with E-state index in [1.807, 2.05) is 0 Å². The van der Waals surface area contributed by atoms with E-state index in [0.717, 1.165) is 4.90 Å². The number of hydrogen-bond acceptors (Lipinski definition) is 6. The minimum Gasteiger partial charge on any atom is -0.506 e. The van der Waals surface area contributed by atoms with Crippen molar-refractivity contribution in [3.8, 4) is 11.5 Å². The third-order valence-corrected chi connectivity index (χ3v) is 6.00. The molecule has 3 aromatic carbocycles. The van der Waals surface area contributed by atoms with E-state index >= 15 is 0 Å². The van der Waals surface area contributed by atoms with Crippen molar-refractivity contribution in [1.82, 2.24) is 0 Å². The highest BCUT2D eigenvalue weighted by Gasteiger charge is 2.47. The van der Waals surface area contributed by atoms with Crippen LogP contribution in [0.5, 0.6) is 11.5 Å². The number of nitrogens with zero attached hydrogens (tertiary/aromatic N) is 1. The summed E-state index contributed by atoms with van der Waals surface area (Å²) in [5.41, 5.74) is -0.205. The number of rotatable bonds is 5. The third kappa shape index (κ3) is 3.59. The number of hydrogen-bond donors (Lipinski definition) is 2. The van der Waals surface area contributed by atoms with Crippen LogP contribution in [-0.2, 0) is 4.79 Å². The lowest BCUT2D eigenvalue weighted by Gasteiger charge is -2.27. The Bertz CT molecular complexity index is 1540. The first-order chi connectivity index (χ1) is 16.8. The average Bonchev–Trinajstić information content (AvgIpc) is 3.38. The number of phenolic OH excluding ortho intramolecular Hbond substituents is 1. The molecular weight excluding hydrogens is 477 g/mol. The minimum atomic E-state index is -1.37. The molecule has 1 amide bonds. The molecule has 0 aliphatic carbocycles. The van der Waals surface area contributed by atoms with Crippen LogP contribution in [0, 0.1) is 5.82 Å². The molecule has 0 saturated carbocycles. The highest BCUT2D eigenvalue weighted by atomic mass is 35.5. The van der Waals surface area contributed by atoms with Gasteiger partial charge in [-0.1, -0.05) is 41.9 Å². The topological polar surface area (TPSA) is 100 Å². The summed E-state index contributed by atoms with van der Waals surface area (Å²) in [6, 6.07) is 14.6. The molecular formula is C26H17ClFNO6. The van der Waals surface area contributed by atoms with Crippen LogP contribution in [0.25, 0.3) is 11.0 Å². The Morgan fingerprint density at radius 2 is 1.80 bits per heavy atom. The zero-order chi connectivity index (χ0) is 24.9. The van der Waals surface area contributed by atoms with E-state index in [9.17, 15) is 24.2 Å². The van der Waals surface area contributed by atoms with Crippen molar-refractivity contribution in [2.45, 2.75) is 6.04 Å². The predicted molar refractivity (Wildman–Crippen MR) is 126 cm³/mol. The summed E-state index contributed by atoms with van der Waals surface area (Å²) in [6.45, 7) is 0. The fourth-order valence-electron chi connectivity index (χ4n) is 4.23. The van der Waals surface area contributed by atoms with E-state index in [2.05, 4.69) is 0 Å². The Balaban J connectivity index is 1.70. The summed E-state index contributed by atoms with van der Waals surface area (Å²) < 4.78 is 26.0. The number of furan rings is 1. The number of ether oxygens (including phenoxy) is 1. The van der Waals surface area contributed by atoms with E-state index in [0.29, 0.717) is 10.4 Å². The number of Topliss-reactive ketones (excluding diaryl/α,β-unsaturated/α-hetero) is 1. The van der Waals surface area contributed by atoms with Crippen molar-refractivity contribution in [1.29, 1.82) is 0 Å². The first-order valence-electron chi connectivity index (χ1n) is 10.4. The van der Waals surface area contributed by atoms with Gasteiger partial charge in [0.1, 0.15) is 11.6 Å². The maximum atomic E-state index is 15.0. The van der Waals surface area contributed by atoms with Crippen molar-refractivity contribution >= 4 is 39.9 Å². The van der Waals surface area contributed by atoms with Gasteiger partial charge in [0.2, 0.25) is 5.78 Å². The largest absolute Gasteiger partial charge is 0.506 e. The van der Waals surface area contributed by atoms with E-state index in [1.165, 1.54) is 55.6 Å². The van der Waals surface area contributed by atoms with Crippen molar-refractivity contribution in [3.05, 3.63) is 100 Å². The second kappa shape index (κ2) is 8.48. The van der Waals surface area contributed by atoms with Crippen LogP contribution in [0.1, 0.15) is 22.2 Å². The number of aliphatic hydroxyl groups is 1. The Labute approximate surface area is 203 Å². The number of phenols is 1. The molecule has 5 rings (SSSR count). The van der Waals surface area contributed by atoms with E-state index in [4.69, 9.17) is 20.8 Å². The lowest BCUT2D eigenvalue weighted by Crippen LogP contribution is -2.31. The lowest BCUT2D eigenvalue weighted by atomic mass is 9.94. The standard InChI is InChI=1S/C26H17ClFNO6/c1-34-20-12-14(27)10-13-11-19(35-25(13)20)23(31)21-22(15-6-2-3-7-16(15)28)29(26(33)24(21)32)17-8-4-5-9-18(17)30/h2-12,22,30,32H,1H3. The van der Waals surface area contributed by atoms with Gasteiger partial charge in [0.15, 0.2) is 22.9 Å². The van der Waals surface area contributed by atoms with Crippen molar-refractivity contribution in [2.75, 3.05) is 12.0 Å². The van der Waals surface area contributed by atoms with Gasteiger partial charge in [0.25, 0.3) is 5.91 Å². The summed E-state index contributed by atoms with van der Waals surface area (Å²) in [5.74, 6) is -3.60. The smallest absolute Gasteiger partial charge is 0.294 e. The fraction of sp³-hybridized carbons (Fsp3) is 0.0769. The van der Waals surface area contributed by atoms with Gasteiger partial charge in [0, 0.05) is 22.0 Å². The van der Waals surface area contributed by atoms with Gasteiger partial charge in [-0.2, -0.15) is 0 Å². The molecule has 7 nitrogen and oxygen atoms in total. The zero-order valence-electron chi connectivity index (χ0n) is 18.2. The first-order valence-corrected chi connectivity index (χ1v) is 10.8.